The summed E-state index contributed by atoms with van der Waals surface area (Å²) in [5.74, 6) is 0. The van der Waals surface area contributed by atoms with E-state index in [4.69, 9.17) is 0 Å². The molecule has 1 aliphatic carbocycles. The van der Waals surface area contributed by atoms with Crippen LogP contribution in [0.2, 0.25) is 19.6 Å². The number of carbonyl (C=O) groups is 1. The van der Waals surface area contributed by atoms with Crippen LogP contribution in [0.15, 0.2) is 42.5 Å². The van der Waals surface area contributed by atoms with E-state index in [9.17, 15) is 9.90 Å². The number of fused-ring (bicyclic) bond motifs is 3. The first-order chi connectivity index (χ1) is 10.4. The molecule has 3 rings (SSSR count). The predicted octanol–water partition coefficient (Wildman–Crippen LogP) is 4.57. The third kappa shape index (κ3) is 2.54. The zero-order valence-electron chi connectivity index (χ0n) is 13.3. The number of hydrogen-bond donors (Lipinski definition) is 1. The van der Waals surface area contributed by atoms with Gasteiger partial charge in [0.25, 0.3) is 0 Å². The standard InChI is InChI=1S/C18H21NO2Si/c1-22(2,3)19(18(20)21)12-14-8-6-10-16-15-9-5-4-7-13(15)11-17(14)16/h4-10H,11-12H2,1-3H3,(H,20,21). The van der Waals surface area contributed by atoms with Crippen molar-refractivity contribution in [2.75, 3.05) is 0 Å². The molecule has 3 nitrogen and oxygen atoms in total. The fraction of sp³-hybridized carbons (Fsp3) is 0.278. The molecule has 0 aliphatic heterocycles. The molecule has 0 fully saturated rings. The van der Waals surface area contributed by atoms with Gasteiger partial charge in [-0.1, -0.05) is 62.1 Å². The first-order valence-electron chi connectivity index (χ1n) is 7.57. The summed E-state index contributed by atoms with van der Waals surface area (Å²) in [5, 5.41) is 9.55. The molecule has 0 aromatic heterocycles. The minimum absolute atomic E-state index is 0.488. The molecule has 22 heavy (non-hydrogen) atoms. The van der Waals surface area contributed by atoms with Crippen molar-refractivity contribution >= 4 is 14.3 Å². The van der Waals surface area contributed by atoms with E-state index in [1.54, 1.807) is 4.57 Å². The second kappa shape index (κ2) is 5.28. The van der Waals surface area contributed by atoms with Crippen molar-refractivity contribution in [3.05, 3.63) is 59.2 Å². The summed E-state index contributed by atoms with van der Waals surface area (Å²) >= 11 is 0. The lowest BCUT2D eigenvalue weighted by Crippen LogP contribution is -2.48. The lowest BCUT2D eigenvalue weighted by Gasteiger charge is -2.32. The van der Waals surface area contributed by atoms with Gasteiger partial charge in [-0.05, 0) is 34.2 Å². The summed E-state index contributed by atoms with van der Waals surface area (Å²) < 4.78 is 1.64. The highest BCUT2D eigenvalue weighted by molar-refractivity contribution is 6.75. The molecule has 2 aromatic rings. The molecular formula is C18H21NO2Si. The lowest BCUT2D eigenvalue weighted by atomic mass is 10.0. The van der Waals surface area contributed by atoms with Crippen LogP contribution in [-0.4, -0.2) is 24.0 Å². The topological polar surface area (TPSA) is 40.5 Å². The third-order valence-electron chi connectivity index (χ3n) is 4.32. The van der Waals surface area contributed by atoms with Crippen LogP contribution in [-0.2, 0) is 13.0 Å². The van der Waals surface area contributed by atoms with Crippen molar-refractivity contribution in [2.45, 2.75) is 32.6 Å². The molecule has 4 heteroatoms. The second-order valence-electron chi connectivity index (χ2n) is 6.82. The van der Waals surface area contributed by atoms with Gasteiger partial charge in [0, 0.05) is 6.54 Å². The highest BCUT2D eigenvalue weighted by Gasteiger charge is 2.30. The van der Waals surface area contributed by atoms with Crippen LogP contribution in [0.25, 0.3) is 11.1 Å². The Hall–Kier alpha value is -2.07. The first-order valence-corrected chi connectivity index (χ1v) is 11.0. The van der Waals surface area contributed by atoms with Gasteiger partial charge >= 0.3 is 6.09 Å². The molecule has 1 amide bonds. The maximum atomic E-state index is 11.6. The summed E-state index contributed by atoms with van der Waals surface area (Å²) in [7, 11) is -1.91. The zero-order chi connectivity index (χ0) is 15.9. The zero-order valence-corrected chi connectivity index (χ0v) is 14.3. The van der Waals surface area contributed by atoms with Gasteiger partial charge in [-0.3, -0.25) is 0 Å². The molecular weight excluding hydrogens is 290 g/mol. The normalized spacial score (nSPS) is 12.7. The second-order valence-corrected chi connectivity index (χ2v) is 11.7. The van der Waals surface area contributed by atoms with E-state index in [1.165, 1.54) is 22.3 Å². The van der Waals surface area contributed by atoms with Crippen molar-refractivity contribution in [1.29, 1.82) is 0 Å². The van der Waals surface area contributed by atoms with Gasteiger partial charge in [0.1, 0.15) is 0 Å². The van der Waals surface area contributed by atoms with Gasteiger partial charge in [-0.25, -0.2) is 4.79 Å². The summed E-state index contributed by atoms with van der Waals surface area (Å²) in [6.07, 6.45) is 0.0909. The fourth-order valence-corrected chi connectivity index (χ4v) is 4.35. The predicted molar refractivity (Wildman–Crippen MR) is 91.6 cm³/mol. The molecule has 114 valence electrons. The minimum Gasteiger partial charge on any atom is -0.465 e. The van der Waals surface area contributed by atoms with Crippen LogP contribution >= 0.6 is 0 Å². The number of rotatable bonds is 3. The van der Waals surface area contributed by atoms with E-state index < -0.39 is 14.3 Å². The monoisotopic (exact) mass is 311 g/mol. The Kier molecular flexibility index (Phi) is 3.57. The summed E-state index contributed by atoms with van der Waals surface area (Å²) in [6, 6.07) is 14.7. The number of carboxylic acid groups (broad SMARTS) is 1. The van der Waals surface area contributed by atoms with Crippen LogP contribution < -0.4 is 0 Å². The average molecular weight is 311 g/mol. The maximum absolute atomic E-state index is 11.6. The summed E-state index contributed by atoms with van der Waals surface area (Å²) in [4.78, 5) is 11.6. The molecule has 2 aromatic carbocycles. The number of hydrogen-bond acceptors (Lipinski definition) is 1. The molecule has 0 spiro atoms. The highest BCUT2D eigenvalue weighted by Crippen LogP contribution is 2.38. The van der Waals surface area contributed by atoms with E-state index in [2.05, 4.69) is 56.0 Å². The fourth-order valence-electron chi connectivity index (χ4n) is 3.13. The van der Waals surface area contributed by atoms with Crippen LogP contribution in [0, 0.1) is 0 Å². The summed E-state index contributed by atoms with van der Waals surface area (Å²) in [6.45, 7) is 6.69. The molecule has 0 saturated heterocycles. The minimum atomic E-state index is -1.91. The highest BCUT2D eigenvalue weighted by atomic mass is 28.3. The van der Waals surface area contributed by atoms with Gasteiger partial charge in [0.2, 0.25) is 0 Å². The van der Waals surface area contributed by atoms with Crippen molar-refractivity contribution < 1.29 is 9.90 Å². The Morgan fingerprint density at radius 1 is 1.09 bits per heavy atom. The Labute approximate surface area is 132 Å². The molecule has 0 heterocycles. The van der Waals surface area contributed by atoms with Gasteiger partial charge in [-0.15, -0.1) is 0 Å². The number of nitrogens with zero attached hydrogens (tertiary/aromatic N) is 1. The van der Waals surface area contributed by atoms with Gasteiger partial charge < -0.3 is 9.67 Å². The largest absolute Gasteiger partial charge is 0.465 e. The van der Waals surface area contributed by atoms with Crippen molar-refractivity contribution in [3.63, 3.8) is 0 Å². The van der Waals surface area contributed by atoms with E-state index in [0.29, 0.717) is 6.54 Å². The Bertz CT molecular complexity index is 734. The van der Waals surface area contributed by atoms with E-state index in [0.717, 1.165) is 12.0 Å². The Morgan fingerprint density at radius 3 is 2.45 bits per heavy atom. The van der Waals surface area contributed by atoms with Gasteiger partial charge in [-0.2, -0.15) is 0 Å². The SMILES string of the molecule is C[Si](C)(C)N(Cc1cccc2c1Cc1ccccc1-2)C(=O)O. The van der Waals surface area contributed by atoms with Crippen LogP contribution in [0.1, 0.15) is 16.7 Å². The van der Waals surface area contributed by atoms with E-state index in [1.807, 2.05) is 6.07 Å². The molecule has 0 radical (unpaired) electrons. The number of amides is 1. The number of benzene rings is 2. The molecule has 1 N–H and O–H groups in total. The van der Waals surface area contributed by atoms with Crippen LogP contribution in [0.4, 0.5) is 4.79 Å². The Morgan fingerprint density at radius 2 is 1.77 bits per heavy atom. The molecule has 1 aliphatic rings. The average Bonchev–Trinajstić information content (AvgIpc) is 2.82. The van der Waals surface area contributed by atoms with E-state index >= 15 is 0 Å². The van der Waals surface area contributed by atoms with Gasteiger partial charge in [0.15, 0.2) is 8.24 Å². The van der Waals surface area contributed by atoms with Crippen molar-refractivity contribution in [2.24, 2.45) is 0 Å². The van der Waals surface area contributed by atoms with E-state index in [-0.39, 0.29) is 0 Å². The molecule has 0 unspecified atom stereocenters. The Balaban J connectivity index is 2.00. The summed E-state index contributed by atoms with van der Waals surface area (Å²) in [5.41, 5.74) is 6.30. The van der Waals surface area contributed by atoms with Crippen LogP contribution in [0.5, 0.6) is 0 Å². The first kappa shape index (κ1) is 14.8. The van der Waals surface area contributed by atoms with Crippen LogP contribution in [0.3, 0.4) is 0 Å². The van der Waals surface area contributed by atoms with Gasteiger partial charge in [0.05, 0.1) is 0 Å². The lowest BCUT2D eigenvalue weighted by molar-refractivity contribution is 0.168. The molecule has 0 atom stereocenters. The van der Waals surface area contributed by atoms with Crippen molar-refractivity contribution in [3.8, 4) is 11.1 Å². The molecule has 0 bridgehead atoms. The maximum Gasteiger partial charge on any atom is 0.399 e. The quantitative estimate of drug-likeness (QED) is 0.720. The smallest absolute Gasteiger partial charge is 0.399 e. The third-order valence-corrected chi connectivity index (χ3v) is 6.29. The van der Waals surface area contributed by atoms with Crippen molar-refractivity contribution in [1.82, 2.24) is 4.57 Å². The molecule has 0 saturated carbocycles.